The van der Waals surface area contributed by atoms with E-state index in [-0.39, 0.29) is 5.91 Å². The van der Waals surface area contributed by atoms with E-state index >= 15 is 0 Å². The third kappa shape index (κ3) is 4.34. The summed E-state index contributed by atoms with van der Waals surface area (Å²) in [4.78, 5) is 23.7. The van der Waals surface area contributed by atoms with Gasteiger partial charge in [-0.3, -0.25) is 9.69 Å². The van der Waals surface area contributed by atoms with Gasteiger partial charge in [0.05, 0.1) is 5.56 Å². The second kappa shape index (κ2) is 8.89. The van der Waals surface area contributed by atoms with Crippen molar-refractivity contribution in [2.45, 2.75) is 12.8 Å². The molecule has 0 radical (unpaired) electrons. The molecule has 2 aromatic rings. The van der Waals surface area contributed by atoms with Gasteiger partial charge in [-0.25, -0.2) is 4.98 Å². The Kier molecular flexibility index (Phi) is 5.87. The number of carbonyl (C=O) groups excluding carboxylic acids is 1. The van der Waals surface area contributed by atoms with Crippen LogP contribution in [-0.2, 0) is 0 Å². The van der Waals surface area contributed by atoms with Crippen molar-refractivity contribution in [1.29, 1.82) is 0 Å². The fourth-order valence-corrected chi connectivity index (χ4v) is 3.68. The topological polar surface area (TPSA) is 48.9 Å². The number of benzene rings is 1. The third-order valence-corrected chi connectivity index (χ3v) is 5.28. The SMILES string of the molecule is O=C1c2ccccc2OC=CN1CCCCN1CCN(c2ccccn2)CC1. The second-order valence-electron chi connectivity index (χ2n) is 7.12. The number of carbonyl (C=O) groups is 1. The molecule has 6 heteroatoms. The molecule has 146 valence electrons. The molecule has 1 saturated heterocycles. The molecule has 0 N–H and O–H groups in total. The van der Waals surface area contributed by atoms with Crippen LogP contribution in [0.5, 0.6) is 5.75 Å². The van der Waals surface area contributed by atoms with Crippen LogP contribution in [0.25, 0.3) is 0 Å². The summed E-state index contributed by atoms with van der Waals surface area (Å²) < 4.78 is 5.54. The number of nitrogens with zero attached hydrogens (tertiary/aromatic N) is 4. The van der Waals surface area contributed by atoms with Gasteiger partial charge in [0, 0.05) is 45.1 Å². The number of hydrogen-bond acceptors (Lipinski definition) is 5. The summed E-state index contributed by atoms with van der Waals surface area (Å²) in [6.07, 6.45) is 7.24. The Morgan fingerprint density at radius 2 is 1.71 bits per heavy atom. The molecule has 2 aliphatic heterocycles. The first kappa shape index (κ1) is 18.5. The molecule has 1 fully saturated rings. The maximum atomic E-state index is 12.7. The first-order valence-electron chi connectivity index (χ1n) is 9.93. The summed E-state index contributed by atoms with van der Waals surface area (Å²) in [5, 5.41) is 0. The van der Waals surface area contributed by atoms with Crippen LogP contribution in [0.2, 0.25) is 0 Å². The number of aromatic nitrogens is 1. The van der Waals surface area contributed by atoms with Crippen molar-refractivity contribution >= 4 is 11.7 Å². The average molecular weight is 378 g/mol. The number of anilines is 1. The van der Waals surface area contributed by atoms with Gasteiger partial charge in [-0.1, -0.05) is 18.2 Å². The summed E-state index contributed by atoms with van der Waals surface area (Å²) >= 11 is 0. The van der Waals surface area contributed by atoms with Crippen LogP contribution in [0.1, 0.15) is 23.2 Å². The molecule has 3 heterocycles. The highest BCUT2D eigenvalue weighted by Crippen LogP contribution is 2.23. The van der Waals surface area contributed by atoms with E-state index in [0.717, 1.165) is 51.4 Å². The molecular weight excluding hydrogens is 352 g/mol. The van der Waals surface area contributed by atoms with Crippen molar-refractivity contribution in [2.75, 3.05) is 44.2 Å². The van der Waals surface area contributed by atoms with Crippen LogP contribution in [0, 0.1) is 0 Å². The quantitative estimate of drug-likeness (QED) is 0.724. The standard InChI is InChI=1S/C22H26N4O2/c27-22-19-7-1-2-8-20(19)28-18-17-26(22)12-6-5-11-24-13-15-25(16-14-24)21-9-3-4-10-23-21/h1-4,7-10,17-18H,5-6,11-16H2. The summed E-state index contributed by atoms with van der Waals surface area (Å²) in [5.41, 5.74) is 0.623. The van der Waals surface area contributed by atoms with Gasteiger partial charge in [-0.15, -0.1) is 0 Å². The van der Waals surface area contributed by atoms with Crippen molar-refractivity contribution in [2.24, 2.45) is 0 Å². The van der Waals surface area contributed by atoms with Crippen LogP contribution in [0.3, 0.4) is 0 Å². The fraction of sp³-hybridized carbons (Fsp3) is 0.364. The molecule has 1 aromatic carbocycles. The molecule has 0 aliphatic carbocycles. The lowest BCUT2D eigenvalue weighted by Gasteiger charge is -2.35. The molecule has 28 heavy (non-hydrogen) atoms. The number of fused-ring (bicyclic) bond motifs is 1. The lowest BCUT2D eigenvalue weighted by Crippen LogP contribution is -2.47. The highest BCUT2D eigenvalue weighted by atomic mass is 16.5. The van der Waals surface area contributed by atoms with Gasteiger partial charge >= 0.3 is 0 Å². The predicted molar refractivity (Wildman–Crippen MR) is 109 cm³/mol. The molecule has 0 bridgehead atoms. The Bertz CT molecular complexity index is 816. The maximum Gasteiger partial charge on any atom is 0.261 e. The number of rotatable bonds is 6. The number of ether oxygens (including phenoxy) is 1. The lowest BCUT2D eigenvalue weighted by atomic mass is 10.1. The number of para-hydroxylation sites is 1. The summed E-state index contributed by atoms with van der Waals surface area (Å²) in [6, 6.07) is 13.5. The number of hydrogen-bond donors (Lipinski definition) is 0. The third-order valence-electron chi connectivity index (χ3n) is 5.28. The van der Waals surface area contributed by atoms with E-state index in [0.29, 0.717) is 17.9 Å². The van der Waals surface area contributed by atoms with E-state index in [9.17, 15) is 4.79 Å². The molecular formula is C22H26N4O2. The first-order valence-corrected chi connectivity index (χ1v) is 9.93. The zero-order valence-corrected chi connectivity index (χ0v) is 16.0. The molecule has 0 atom stereocenters. The monoisotopic (exact) mass is 378 g/mol. The van der Waals surface area contributed by atoms with Crippen LogP contribution in [0.15, 0.2) is 61.1 Å². The van der Waals surface area contributed by atoms with Crippen LogP contribution >= 0.6 is 0 Å². The number of piperazine rings is 1. The smallest absolute Gasteiger partial charge is 0.261 e. The van der Waals surface area contributed by atoms with E-state index in [2.05, 4.69) is 20.9 Å². The highest BCUT2D eigenvalue weighted by molar-refractivity contribution is 5.97. The molecule has 1 amide bonds. The zero-order valence-electron chi connectivity index (χ0n) is 16.0. The molecule has 0 unspecified atom stereocenters. The minimum atomic E-state index is 0.00771. The normalized spacial score (nSPS) is 17.2. The zero-order chi connectivity index (χ0) is 19.2. The van der Waals surface area contributed by atoms with Crippen LogP contribution in [0.4, 0.5) is 5.82 Å². The van der Waals surface area contributed by atoms with Gasteiger partial charge in [0.1, 0.15) is 17.8 Å². The van der Waals surface area contributed by atoms with E-state index in [1.54, 1.807) is 17.4 Å². The van der Waals surface area contributed by atoms with Gasteiger partial charge in [-0.2, -0.15) is 0 Å². The predicted octanol–water partition coefficient (Wildman–Crippen LogP) is 2.99. The Hall–Kier alpha value is -2.86. The minimum absolute atomic E-state index is 0.00771. The minimum Gasteiger partial charge on any atom is -0.463 e. The number of amides is 1. The highest BCUT2D eigenvalue weighted by Gasteiger charge is 2.21. The van der Waals surface area contributed by atoms with E-state index < -0.39 is 0 Å². The van der Waals surface area contributed by atoms with Crippen LogP contribution < -0.4 is 9.64 Å². The van der Waals surface area contributed by atoms with Crippen LogP contribution in [-0.4, -0.2) is 60.0 Å². The number of pyridine rings is 1. The van der Waals surface area contributed by atoms with Crippen molar-refractivity contribution < 1.29 is 9.53 Å². The molecule has 0 spiro atoms. The van der Waals surface area contributed by atoms with Crippen molar-refractivity contribution in [1.82, 2.24) is 14.8 Å². The fourth-order valence-electron chi connectivity index (χ4n) is 3.68. The largest absolute Gasteiger partial charge is 0.463 e. The van der Waals surface area contributed by atoms with Crippen molar-refractivity contribution in [3.05, 3.63) is 66.7 Å². The average Bonchev–Trinajstić information content (AvgIpc) is 2.91. The molecule has 6 nitrogen and oxygen atoms in total. The Morgan fingerprint density at radius 3 is 2.54 bits per heavy atom. The maximum absolute atomic E-state index is 12.7. The molecule has 0 saturated carbocycles. The van der Waals surface area contributed by atoms with E-state index in [1.165, 1.54) is 0 Å². The lowest BCUT2D eigenvalue weighted by molar-refractivity contribution is 0.0820. The summed E-state index contributed by atoms with van der Waals surface area (Å²) in [6.45, 7) is 5.91. The second-order valence-corrected chi connectivity index (χ2v) is 7.12. The van der Waals surface area contributed by atoms with Gasteiger partial charge in [0.25, 0.3) is 5.91 Å². The van der Waals surface area contributed by atoms with Gasteiger partial charge < -0.3 is 14.5 Å². The van der Waals surface area contributed by atoms with Crippen molar-refractivity contribution in [3.63, 3.8) is 0 Å². The van der Waals surface area contributed by atoms with Crippen molar-refractivity contribution in [3.8, 4) is 5.75 Å². The summed E-state index contributed by atoms with van der Waals surface area (Å²) in [5.74, 6) is 1.70. The first-order chi connectivity index (χ1) is 13.8. The van der Waals surface area contributed by atoms with Gasteiger partial charge in [-0.05, 0) is 43.7 Å². The molecule has 4 rings (SSSR count). The van der Waals surface area contributed by atoms with E-state index in [1.807, 2.05) is 42.6 Å². The van der Waals surface area contributed by atoms with E-state index in [4.69, 9.17) is 4.74 Å². The van der Waals surface area contributed by atoms with Gasteiger partial charge in [0.2, 0.25) is 0 Å². The Morgan fingerprint density at radius 1 is 0.929 bits per heavy atom. The molecule has 2 aliphatic rings. The molecule has 1 aromatic heterocycles. The Balaban J connectivity index is 1.20. The Labute approximate surface area is 166 Å². The summed E-state index contributed by atoms with van der Waals surface area (Å²) in [7, 11) is 0. The van der Waals surface area contributed by atoms with Gasteiger partial charge in [0.15, 0.2) is 0 Å². The number of unbranched alkanes of at least 4 members (excludes halogenated alkanes) is 1.